The van der Waals surface area contributed by atoms with Crippen molar-refractivity contribution in [3.05, 3.63) is 48.0 Å². The molecule has 2 nitrogen and oxygen atoms in total. The summed E-state index contributed by atoms with van der Waals surface area (Å²) in [5.41, 5.74) is 1.83. The Bertz CT molecular complexity index is 585. The highest BCUT2D eigenvalue weighted by Crippen LogP contribution is 2.34. The zero-order chi connectivity index (χ0) is 13.1. The standard InChI is InChI=1S/C16H18O2/c1-3-5-13-11-7-10-16(18)14(6-4-2)12(11)8-9-15(13)17/h3,7-10,17-18H,1,4-6H2,2H3. The van der Waals surface area contributed by atoms with E-state index in [0.717, 1.165) is 34.7 Å². The Morgan fingerprint density at radius 3 is 2.11 bits per heavy atom. The van der Waals surface area contributed by atoms with Gasteiger partial charge in [-0.3, -0.25) is 0 Å². The molecular formula is C16H18O2. The normalized spacial score (nSPS) is 10.7. The van der Waals surface area contributed by atoms with E-state index in [1.54, 1.807) is 18.2 Å². The summed E-state index contributed by atoms with van der Waals surface area (Å²) in [6.07, 6.45) is 4.21. The van der Waals surface area contributed by atoms with E-state index in [1.165, 1.54) is 0 Å². The molecule has 0 spiro atoms. The van der Waals surface area contributed by atoms with Crippen LogP contribution in [0.3, 0.4) is 0 Å². The van der Waals surface area contributed by atoms with E-state index in [-0.39, 0.29) is 5.75 Å². The molecule has 0 saturated carbocycles. The summed E-state index contributed by atoms with van der Waals surface area (Å²) >= 11 is 0. The molecule has 0 aliphatic rings. The van der Waals surface area contributed by atoms with Gasteiger partial charge in [0.2, 0.25) is 0 Å². The van der Waals surface area contributed by atoms with E-state index in [0.29, 0.717) is 12.2 Å². The summed E-state index contributed by atoms with van der Waals surface area (Å²) in [6.45, 7) is 5.81. The molecule has 0 bridgehead atoms. The first-order chi connectivity index (χ1) is 8.69. The van der Waals surface area contributed by atoms with Gasteiger partial charge in [0, 0.05) is 11.1 Å². The second-order valence-electron chi connectivity index (χ2n) is 4.46. The van der Waals surface area contributed by atoms with Crippen molar-refractivity contribution in [3.63, 3.8) is 0 Å². The largest absolute Gasteiger partial charge is 0.508 e. The predicted molar refractivity (Wildman–Crippen MR) is 75.2 cm³/mol. The first-order valence-corrected chi connectivity index (χ1v) is 6.25. The number of aryl methyl sites for hydroxylation is 1. The maximum atomic E-state index is 9.95. The topological polar surface area (TPSA) is 40.5 Å². The highest BCUT2D eigenvalue weighted by molar-refractivity contribution is 5.92. The molecule has 0 aliphatic heterocycles. The van der Waals surface area contributed by atoms with Crippen molar-refractivity contribution in [1.29, 1.82) is 0 Å². The summed E-state index contributed by atoms with van der Waals surface area (Å²) in [6, 6.07) is 7.14. The molecule has 2 rings (SSSR count). The number of hydrogen-bond acceptors (Lipinski definition) is 2. The number of benzene rings is 2. The Hall–Kier alpha value is -1.96. The van der Waals surface area contributed by atoms with Crippen LogP contribution >= 0.6 is 0 Å². The lowest BCUT2D eigenvalue weighted by atomic mass is 9.95. The number of hydrogen-bond donors (Lipinski definition) is 2. The maximum Gasteiger partial charge on any atom is 0.119 e. The highest BCUT2D eigenvalue weighted by Gasteiger charge is 2.11. The van der Waals surface area contributed by atoms with Gasteiger partial charge in [-0.15, -0.1) is 6.58 Å². The van der Waals surface area contributed by atoms with Crippen LogP contribution in [0.5, 0.6) is 11.5 Å². The fraction of sp³-hybridized carbons (Fsp3) is 0.250. The molecular weight excluding hydrogens is 224 g/mol. The predicted octanol–water partition coefficient (Wildman–Crippen LogP) is 3.93. The Kier molecular flexibility index (Phi) is 3.56. The molecule has 0 unspecified atom stereocenters. The second kappa shape index (κ2) is 5.13. The van der Waals surface area contributed by atoms with E-state index in [2.05, 4.69) is 13.5 Å². The summed E-state index contributed by atoms with van der Waals surface area (Å²) in [5.74, 6) is 0.620. The van der Waals surface area contributed by atoms with E-state index in [9.17, 15) is 10.2 Å². The Morgan fingerprint density at radius 1 is 1.00 bits per heavy atom. The monoisotopic (exact) mass is 242 g/mol. The van der Waals surface area contributed by atoms with Gasteiger partial charge in [0.15, 0.2) is 0 Å². The van der Waals surface area contributed by atoms with Gasteiger partial charge in [0.25, 0.3) is 0 Å². The second-order valence-corrected chi connectivity index (χ2v) is 4.46. The van der Waals surface area contributed by atoms with Crippen molar-refractivity contribution in [3.8, 4) is 11.5 Å². The number of rotatable bonds is 4. The van der Waals surface area contributed by atoms with E-state index >= 15 is 0 Å². The lowest BCUT2D eigenvalue weighted by Gasteiger charge is -2.12. The number of allylic oxidation sites excluding steroid dienone is 1. The zero-order valence-corrected chi connectivity index (χ0v) is 10.6. The molecule has 0 fully saturated rings. The quantitative estimate of drug-likeness (QED) is 0.797. The first-order valence-electron chi connectivity index (χ1n) is 6.25. The molecule has 0 amide bonds. The van der Waals surface area contributed by atoms with Crippen LogP contribution in [0, 0.1) is 0 Å². The molecule has 0 saturated heterocycles. The van der Waals surface area contributed by atoms with Crippen molar-refractivity contribution in [2.75, 3.05) is 0 Å². The van der Waals surface area contributed by atoms with Crippen LogP contribution in [-0.2, 0) is 12.8 Å². The fourth-order valence-corrected chi connectivity index (χ4v) is 2.38. The SMILES string of the molecule is C=CCc1c(O)ccc2c(CCC)c(O)ccc12. The number of phenolic OH excluding ortho intramolecular Hbond substituents is 2. The Balaban J connectivity index is 2.75. The number of aromatic hydroxyl groups is 2. The minimum atomic E-state index is 0.288. The smallest absolute Gasteiger partial charge is 0.119 e. The molecule has 2 aromatic carbocycles. The molecule has 0 aliphatic carbocycles. The molecule has 0 radical (unpaired) electrons. The van der Waals surface area contributed by atoms with E-state index in [4.69, 9.17) is 0 Å². The van der Waals surface area contributed by atoms with Gasteiger partial charge in [0.1, 0.15) is 11.5 Å². The Labute approximate surface area is 107 Å². The average Bonchev–Trinajstić information content (AvgIpc) is 2.36. The maximum absolute atomic E-state index is 9.95. The van der Waals surface area contributed by atoms with Crippen LogP contribution in [0.25, 0.3) is 10.8 Å². The zero-order valence-electron chi connectivity index (χ0n) is 10.6. The van der Waals surface area contributed by atoms with Gasteiger partial charge in [-0.05, 0) is 35.7 Å². The highest BCUT2D eigenvalue weighted by atomic mass is 16.3. The summed E-state index contributed by atoms with van der Waals surface area (Å²) in [5, 5.41) is 21.9. The van der Waals surface area contributed by atoms with Gasteiger partial charge in [-0.25, -0.2) is 0 Å². The minimum absolute atomic E-state index is 0.288. The minimum Gasteiger partial charge on any atom is -0.508 e. The van der Waals surface area contributed by atoms with Gasteiger partial charge in [0.05, 0.1) is 0 Å². The van der Waals surface area contributed by atoms with Gasteiger partial charge < -0.3 is 10.2 Å². The summed E-state index contributed by atoms with van der Waals surface area (Å²) in [4.78, 5) is 0. The third-order valence-corrected chi connectivity index (χ3v) is 3.22. The summed E-state index contributed by atoms with van der Waals surface area (Å²) in [7, 11) is 0. The molecule has 2 heteroatoms. The van der Waals surface area contributed by atoms with E-state index < -0.39 is 0 Å². The third kappa shape index (κ3) is 2.06. The lowest BCUT2D eigenvalue weighted by molar-refractivity contribution is 0.467. The molecule has 0 atom stereocenters. The lowest BCUT2D eigenvalue weighted by Crippen LogP contribution is -1.91. The van der Waals surface area contributed by atoms with Crippen molar-refractivity contribution in [1.82, 2.24) is 0 Å². The molecule has 0 heterocycles. The average molecular weight is 242 g/mol. The summed E-state index contributed by atoms with van der Waals surface area (Å²) < 4.78 is 0. The number of fused-ring (bicyclic) bond motifs is 1. The number of phenols is 2. The van der Waals surface area contributed by atoms with E-state index in [1.807, 2.05) is 12.1 Å². The van der Waals surface area contributed by atoms with Crippen LogP contribution in [0.1, 0.15) is 24.5 Å². The van der Waals surface area contributed by atoms with Gasteiger partial charge in [-0.2, -0.15) is 0 Å². The fourth-order valence-electron chi connectivity index (χ4n) is 2.38. The molecule has 2 aromatic rings. The first kappa shape index (κ1) is 12.5. The van der Waals surface area contributed by atoms with Crippen LogP contribution in [0.2, 0.25) is 0 Å². The van der Waals surface area contributed by atoms with Crippen molar-refractivity contribution >= 4 is 10.8 Å². The molecule has 18 heavy (non-hydrogen) atoms. The van der Waals surface area contributed by atoms with Crippen LogP contribution in [0.4, 0.5) is 0 Å². The van der Waals surface area contributed by atoms with Crippen LogP contribution in [0.15, 0.2) is 36.9 Å². The van der Waals surface area contributed by atoms with Crippen LogP contribution in [-0.4, -0.2) is 10.2 Å². The van der Waals surface area contributed by atoms with Gasteiger partial charge >= 0.3 is 0 Å². The van der Waals surface area contributed by atoms with Crippen LogP contribution < -0.4 is 0 Å². The molecule has 0 aromatic heterocycles. The van der Waals surface area contributed by atoms with Crippen molar-refractivity contribution in [2.24, 2.45) is 0 Å². The molecule has 2 N–H and O–H groups in total. The molecule has 94 valence electrons. The Morgan fingerprint density at radius 2 is 1.56 bits per heavy atom. The third-order valence-electron chi connectivity index (χ3n) is 3.22. The van der Waals surface area contributed by atoms with Crippen molar-refractivity contribution in [2.45, 2.75) is 26.2 Å². The van der Waals surface area contributed by atoms with Gasteiger partial charge in [-0.1, -0.05) is 31.6 Å². The van der Waals surface area contributed by atoms with Crippen molar-refractivity contribution < 1.29 is 10.2 Å².